The first-order valence-corrected chi connectivity index (χ1v) is 7.74. The Labute approximate surface area is 121 Å². The van der Waals surface area contributed by atoms with Crippen molar-refractivity contribution in [3.05, 3.63) is 65.5 Å². The fourth-order valence-electron chi connectivity index (χ4n) is 2.00. The van der Waals surface area contributed by atoms with Crippen molar-refractivity contribution in [2.75, 3.05) is 7.11 Å². The Hall–Kier alpha value is -1.68. The van der Waals surface area contributed by atoms with E-state index in [1.807, 2.05) is 24.3 Å². The molecule has 2 aromatic carbocycles. The van der Waals surface area contributed by atoms with Gasteiger partial charge in [0.25, 0.3) is 0 Å². The molecular weight excluding hydrogens is 275 g/mol. The molecule has 2 nitrogen and oxygen atoms in total. The summed E-state index contributed by atoms with van der Waals surface area (Å²) in [4.78, 5) is 0. The van der Waals surface area contributed by atoms with E-state index < -0.39 is 10.8 Å². The van der Waals surface area contributed by atoms with Crippen LogP contribution >= 0.6 is 0 Å². The molecule has 106 valence electrons. The van der Waals surface area contributed by atoms with Gasteiger partial charge >= 0.3 is 0 Å². The zero-order valence-electron chi connectivity index (χ0n) is 11.5. The fourth-order valence-corrected chi connectivity index (χ4v) is 3.23. The third-order valence-corrected chi connectivity index (χ3v) is 4.84. The van der Waals surface area contributed by atoms with Gasteiger partial charge < -0.3 is 4.74 Å². The van der Waals surface area contributed by atoms with Crippen LogP contribution in [0, 0.1) is 5.82 Å². The first-order chi connectivity index (χ1) is 9.61. The van der Waals surface area contributed by atoms with Crippen molar-refractivity contribution in [1.82, 2.24) is 0 Å². The average molecular weight is 292 g/mol. The van der Waals surface area contributed by atoms with Gasteiger partial charge in [-0.15, -0.1) is 0 Å². The number of halogens is 1. The van der Waals surface area contributed by atoms with E-state index in [1.165, 1.54) is 6.07 Å². The molecule has 2 atom stereocenters. The number of hydrogen-bond donors (Lipinski definition) is 0. The predicted molar refractivity (Wildman–Crippen MR) is 79.7 cm³/mol. The van der Waals surface area contributed by atoms with Gasteiger partial charge in [0.15, 0.2) is 0 Å². The summed E-state index contributed by atoms with van der Waals surface area (Å²) in [5.74, 6) is 0.809. The van der Waals surface area contributed by atoms with Gasteiger partial charge in [-0.25, -0.2) is 4.39 Å². The van der Waals surface area contributed by atoms with Crippen molar-refractivity contribution in [3.8, 4) is 5.75 Å². The average Bonchev–Trinajstić information content (AvgIpc) is 2.47. The first-order valence-electron chi connectivity index (χ1n) is 6.36. The number of ether oxygens (including phenoxy) is 1. The lowest BCUT2D eigenvalue weighted by atomic mass is 10.1. The highest BCUT2D eigenvalue weighted by Gasteiger charge is 2.17. The Kier molecular flexibility index (Phi) is 4.90. The minimum absolute atomic E-state index is 0.306. The molecule has 0 aliphatic carbocycles. The van der Waals surface area contributed by atoms with E-state index >= 15 is 0 Å². The van der Waals surface area contributed by atoms with Crippen LogP contribution in [0.4, 0.5) is 4.39 Å². The SMILES string of the molecule is COc1cccc(C[S@@](=O)[C@H](C)c2ccccc2F)c1. The standard InChI is InChI=1S/C16H17FO2S/c1-12(15-8-3-4-9-16(15)17)20(18)11-13-6-5-7-14(10-13)19-2/h3-10,12H,11H2,1-2H3/t12-,20-/m1/s1. The second-order valence-electron chi connectivity index (χ2n) is 4.54. The summed E-state index contributed by atoms with van der Waals surface area (Å²) in [6.07, 6.45) is 0. The van der Waals surface area contributed by atoms with Crippen molar-refractivity contribution in [2.45, 2.75) is 17.9 Å². The summed E-state index contributed by atoms with van der Waals surface area (Å²) in [6.45, 7) is 1.79. The molecule has 0 spiro atoms. The van der Waals surface area contributed by atoms with Gasteiger partial charge in [-0.2, -0.15) is 0 Å². The maximum atomic E-state index is 13.7. The van der Waals surface area contributed by atoms with Crippen LogP contribution in [-0.4, -0.2) is 11.3 Å². The normalized spacial score (nSPS) is 13.8. The zero-order chi connectivity index (χ0) is 14.5. The third-order valence-electron chi connectivity index (χ3n) is 3.18. The Balaban J connectivity index is 2.13. The van der Waals surface area contributed by atoms with Crippen molar-refractivity contribution in [1.29, 1.82) is 0 Å². The molecule has 0 saturated carbocycles. The minimum Gasteiger partial charge on any atom is -0.497 e. The van der Waals surface area contributed by atoms with Gasteiger partial charge in [0.05, 0.1) is 12.4 Å². The molecule has 0 radical (unpaired) electrons. The lowest BCUT2D eigenvalue weighted by Gasteiger charge is -2.13. The van der Waals surface area contributed by atoms with E-state index in [4.69, 9.17) is 4.74 Å². The van der Waals surface area contributed by atoms with Crippen molar-refractivity contribution in [2.24, 2.45) is 0 Å². The van der Waals surface area contributed by atoms with Gasteiger partial charge in [0.1, 0.15) is 11.6 Å². The van der Waals surface area contributed by atoms with E-state index in [0.29, 0.717) is 11.3 Å². The summed E-state index contributed by atoms with van der Waals surface area (Å²) < 4.78 is 31.2. The highest BCUT2D eigenvalue weighted by Crippen LogP contribution is 2.25. The molecule has 0 bridgehead atoms. The van der Waals surface area contributed by atoms with Crippen LogP contribution in [0.15, 0.2) is 48.5 Å². The Bertz CT molecular complexity index is 613. The Morgan fingerprint density at radius 2 is 1.95 bits per heavy atom. The summed E-state index contributed by atoms with van der Waals surface area (Å²) in [6, 6.07) is 13.9. The zero-order valence-corrected chi connectivity index (χ0v) is 12.3. The molecule has 0 N–H and O–H groups in total. The molecule has 2 aromatic rings. The van der Waals surface area contributed by atoms with Crippen molar-refractivity contribution >= 4 is 10.8 Å². The van der Waals surface area contributed by atoms with E-state index in [0.717, 1.165) is 11.3 Å². The lowest BCUT2D eigenvalue weighted by Crippen LogP contribution is -2.07. The maximum absolute atomic E-state index is 13.7. The molecule has 0 aliphatic heterocycles. The van der Waals surface area contributed by atoms with Gasteiger partial charge in [0.2, 0.25) is 0 Å². The van der Waals surface area contributed by atoms with Crippen LogP contribution in [0.2, 0.25) is 0 Å². The van der Waals surface area contributed by atoms with Gasteiger partial charge in [-0.1, -0.05) is 30.3 Å². The molecule has 0 aliphatic rings. The molecular formula is C16H17FO2S. The molecule has 0 fully saturated rings. The summed E-state index contributed by atoms with van der Waals surface area (Å²) in [7, 11) is 0.412. The number of hydrogen-bond acceptors (Lipinski definition) is 2. The van der Waals surface area contributed by atoms with E-state index in [2.05, 4.69) is 0 Å². The molecule has 20 heavy (non-hydrogen) atoms. The Morgan fingerprint density at radius 1 is 1.20 bits per heavy atom. The minimum atomic E-state index is -1.18. The molecule has 0 unspecified atom stereocenters. The van der Waals surface area contributed by atoms with Crippen molar-refractivity contribution < 1.29 is 13.3 Å². The summed E-state index contributed by atoms with van der Waals surface area (Å²) in [5.41, 5.74) is 1.42. The van der Waals surface area contributed by atoms with E-state index in [1.54, 1.807) is 32.2 Å². The summed E-state index contributed by atoms with van der Waals surface area (Å²) in [5, 5.41) is -0.345. The van der Waals surface area contributed by atoms with Gasteiger partial charge in [-0.05, 0) is 30.7 Å². The van der Waals surface area contributed by atoms with Crippen LogP contribution in [0.25, 0.3) is 0 Å². The van der Waals surface area contributed by atoms with Crippen LogP contribution in [0.1, 0.15) is 23.3 Å². The number of methoxy groups -OCH3 is 1. The number of rotatable bonds is 5. The number of benzene rings is 2. The molecule has 0 amide bonds. The highest BCUT2D eigenvalue weighted by molar-refractivity contribution is 7.84. The predicted octanol–water partition coefficient (Wildman–Crippen LogP) is 3.84. The molecule has 2 rings (SSSR count). The largest absolute Gasteiger partial charge is 0.497 e. The summed E-state index contributed by atoms with van der Waals surface area (Å²) >= 11 is 0. The lowest BCUT2D eigenvalue weighted by molar-refractivity contribution is 0.414. The molecule has 0 saturated heterocycles. The maximum Gasteiger partial charge on any atom is 0.127 e. The van der Waals surface area contributed by atoms with Crippen LogP contribution < -0.4 is 4.74 Å². The fraction of sp³-hybridized carbons (Fsp3) is 0.250. The molecule has 0 aromatic heterocycles. The van der Waals surface area contributed by atoms with Crippen LogP contribution in [0.3, 0.4) is 0 Å². The second-order valence-corrected chi connectivity index (χ2v) is 6.30. The van der Waals surface area contributed by atoms with Gasteiger partial charge in [0, 0.05) is 22.1 Å². The molecule has 0 heterocycles. The van der Waals surface area contributed by atoms with E-state index in [-0.39, 0.29) is 11.1 Å². The van der Waals surface area contributed by atoms with Crippen LogP contribution in [-0.2, 0) is 16.6 Å². The molecule has 4 heteroatoms. The topological polar surface area (TPSA) is 26.3 Å². The van der Waals surface area contributed by atoms with Gasteiger partial charge in [-0.3, -0.25) is 4.21 Å². The first kappa shape index (κ1) is 14.7. The Morgan fingerprint density at radius 3 is 2.65 bits per heavy atom. The quantitative estimate of drug-likeness (QED) is 0.837. The smallest absolute Gasteiger partial charge is 0.127 e. The monoisotopic (exact) mass is 292 g/mol. The highest BCUT2D eigenvalue weighted by atomic mass is 32.2. The third kappa shape index (κ3) is 3.45. The van der Waals surface area contributed by atoms with Crippen LogP contribution in [0.5, 0.6) is 5.75 Å². The van der Waals surface area contributed by atoms with E-state index in [9.17, 15) is 8.60 Å². The van der Waals surface area contributed by atoms with Crippen molar-refractivity contribution in [3.63, 3.8) is 0 Å². The second kappa shape index (κ2) is 6.66.